The van der Waals surface area contributed by atoms with Crippen LogP contribution in [0.2, 0.25) is 0 Å². The number of rotatable bonds is 20. The van der Waals surface area contributed by atoms with Crippen LogP contribution in [0.3, 0.4) is 0 Å². The summed E-state index contributed by atoms with van der Waals surface area (Å²) in [7, 11) is 0. The van der Waals surface area contributed by atoms with Gasteiger partial charge in [0.2, 0.25) is 11.9 Å². The van der Waals surface area contributed by atoms with E-state index in [4.69, 9.17) is 30.0 Å². The molecule has 0 bridgehead atoms. The van der Waals surface area contributed by atoms with Crippen molar-refractivity contribution in [1.29, 1.82) is 0 Å². The molecule has 1 aliphatic rings. The van der Waals surface area contributed by atoms with Gasteiger partial charge in [0.05, 0.1) is 53.9 Å². The summed E-state index contributed by atoms with van der Waals surface area (Å²) in [6, 6.07) is 62.9. The second kappa shape index (κ2) is 28.3. The first kappa shape index (κ1) is 58.2. The molecule has 0 aliphatic carbocycles. The zero-order valence-electron chi connectivity index (χ0n) is 44.9. The Balaban J connectivity index is 0.000000195. The predicted molar refractivity (Wildman–Crippen MR) is 316 cm³/mol. The molecule has 1 fully saturated rings. The first-order valence-electron chi connectivity index (χ1n) is 26.8. The number of benzene rings is 6. The Kier molecular flexibility index (Phi) is 20.1. The molecule has 0 saturated carbocycles. The van der Waals surface area contributed by atoms with E-state index in [2.05, 4.69) is 32.7 Å². The Bertz CT molecular complexity index is 3660. The van der Waals surface area contributed by atoms with Crippen molar-refractivity contribution in [2.75, 3.05) is 10.6 Å². The SMILES string of the molecule is O=C(O)C[C@H](O)C[C@H](O)CCc1c(-c2ccccc2)nn(-c2ccnc(Nc3ccccc3)n2)c1-c1ccccc1.O=C1C[C@H](O)C[C@@H](CCc2c(-c3ccccc3)nn(-c3ccnc(Nc4ccccc4)n3)c2-c2ccccc2)O1.[Ca+2]. The molecule has 82 heavy (non-hydrogen) atoms. The van der Waals surface area contributed by atoms with Crippen molar-refractivity contribution in [3.8, 4) is 56.7 Å². The van der Waals surface area contributed by atoms with Crippen LogP contribution < -0.4 is 10.6 Å². The topological polar surface area (TPSA) is 236 Å². The number of aliphatic hydroxyl groups is 3. The van der Waals surface area contributed by atoms with E-state index in [0.717, 1.165) is 67.5 Å². The summed E-state index contributed by atoms with van der Waals surface area (Å²) in [5.41, 5.74) is 10.8. The van der Waals surface area contributed by atoms with Crippen LogP contribution in [0, 0.1) is 0 Å². The molecule has 408 valence electrons. The van der Waals surface area contributed by atoms with Crippen LogP contribution >= 0.6 is 0 Å². The molecule has 4 atom stereocenters. The van der Waals surface area contributed by atoms with Crippen LogP contribution in [0.5, 0.6) is 0 Å². The van der Waals surface area contributed by atoms with Crippen LogP contribution in [-0.2, 0) is 27.2 Å². The fourth-order valence-corrected chi connectivity index (χ4v) is 9.87. The number of anilines is 4. The van der Waals surface area contributed by atoms with Gasteiger partial charge in [0, 0.05) is 75.7 Å². The minimum absolute atomic E-state index is 0. The standard InChI is InChI=1S/C32H31N5O4.C32H29N5O3.Ca/c38-25(20-26(39)21-29(40)41)16-17-27-30(22-10-4-1-5-11-22)36-37(31(27)23-12-6-2-7-13-23)28-18-19-33-32(35-28)34-24-14-8-3-9-15-24;38-25-20-26(40-29(39)21-25)16-17-27-30(22-10-4-1-5-11-22)36-37(31(27)23-12-6-2-7-13-23)28-18-19-33-32(35-28)34-24-14-8-3-9-15-24;/h1-15,18-19,25-26,38-39H,16-17,20-21H2,(H,40,41)(H,33,34,35);1-15,18-19,25-26,38H,16-17,20-21H2,(H,33,34,35);/q;;+2/t2*25-,26-;/m11./s1. The van der Waals surface area contributed by atoms with Gasteiger partial charge in [-0.25, -0.2) is 19.3 Å². The minimum Gasteiger partial charge on any atom is -0.481 e. The number of hydrogen-bond acceptors (Lipinski definition) is 14. The third-order valence-electron chi connectivity index (χ3n) is 13.6. The zero-order valence-corrected chi connectivity index (χ0v) is 47.1. The summed E-state index contributed by atoms with van der Waals surface area (Å²) in [6.07, 6.45) is 2.32. The third-order valence-corrected chi connectivity index (χ3v) is 13.6. The molecular weight excluding hydrogens is 1060 g/mol. The number of aliphatic carboxylic acids is 1. The summed E-state index contributed by atoms with van der Waals surface area (Å²) in [6.45, 7) is 0. The van der Waals surface area contributed by atoms with Crippen LogP contribution in [0.15, 0.2) is 207 Å². The Morgan fingerprint density at radius 3 is 1.41 bits per heavy atom. The van der Waals surface area contributed by atoms with Crippen molar-refractivity contribution in [3.63, 3.8) is 0 Å². The number of carbonyl (C=O) groups is 2. The number of esters is 1. The molecule has 10 aromatic rings. The molecule has 11 rings (SSSR count). The summed E-state index contributed by atoms with van der Waals surface area (Å²) >= 11 is 0. The first-order chi connectivity index (χ1) is 39.6. The van der Waals surface area contributed by atoms with E-state index in [0.29, 0.717) is 55.6 Å². The van der Waals surface area contributed by atoms with Gasteiger partial charge < -0.3 is 35.8 Å². The molecule has 4 aromatic heterocycles. The van der Waals surface area contributed by atoms with E-state index in [-0.39, 0.29) is 62.7 Å². The van der Waals surface area contributed by atoms with E-state index in [1.54, 1.807) is 23.1 Å². The Labute approximate surface area is 504 Å². The van der Waals surface area contributed by atoms with Crippen molar-refractivity contribution >= 4 is 72.9 Å². The minimum atomic E-state index is -1.12. The largest absolute Gasteiger partial charge is 2.00 e. The fraction of sp³-hybridized carbons (Fsp3) is 0.188. The van der Waals surface area contributed by atoms with Crippen molar-refractivity contribution in [2.45, 2.75) is 75.8 Å². The number of aromatic nitrogens is 8. The second-order valence-corrected chi connectivity index (χ2v) is 19.5. The number of cyclic esters (lactones) is 1. The van der Waals surface area contributed by atoms with Crippen LogP contribution in [0.4, 0.5) is 23.3 Å². The molecule has 18 heteroatoms. The van der Waals surface area contributed by atoms with E-state index < -0.39 is 30.7 Å². The molecule has 6 aromatic carbocycles. The zero-order chi connectivity index (χ0) is 55.9. The van der Waals surface area contributed by atoms with E-state index >= 15 is 0 Å². The average Bonchev–Trinajstić information content (AvgIpc) is 4.30. The van der Waals surface area contributed by atoms with Gasteiger partial charge in [-0.3, -0.25) is 9.59 Å². The first-order valence-corrected chi connectivity index (χ1v) is 26.8. The molecule has 0 spiro atoms. The van der Waals surface area contributed by atoms with Gasteiger partial charge in [0.25, 0.3) is 0 Å². The van der Waals surface area contributed by atoms with Gasteiger partial charge in [0.1, 0.15) is 6.10 Å². The van der Waals surface area contributed by atoms with Gasteiger partial charge in [-0.1, -0.05) is 158 Å². The van der Waals surface area contributed by atoms with Crippen molar-refractivity contribution < 1.29 is 34.8 Å². The van der Waals surface area contributed by atoms with Crippen LogP contribution in [0.1, 0.15) is 49.7 Å². The number of para-hydroxylation sites is 2. The molecule has 1 aliphatic heterocycles. The van der Waals surface area contributed by atoms with Gasteiger partial charge in [-0.2, -0.15) is 20.2 Å². The van der Waals surface area contributed by atoms with Crippen molar-refractivity contribution in [3.05, 3.63) is 218 Å². The Morgan fingerprint density at radius 2 is 0.988 bits per heavy atom. The molecule has 0 unspecified atom stereocenters. The molecule has 6 N–H and O–H groups in total. The molecular formula is C64H60CaN10O7+2. The van der Waals surface area contributed by atoms with E-state index in [9.17, 15) is 24.9 Å². The van der Waals surface area contributed by atoms with Crippen LogP contribution in [-0.4, -0.2) is 134 Å². The Morgan fingerprint density at radius 1 is 0.573 bits per heavy atom. The van der Waals surface area contributed by atoms with Crippen molar-refractivity contribution in [2.24, 2.45) is 0 Å². The molecule has 5 heterocycles. The predicted octanol–water partition coefficient (Wildman–Crippen LogP) is 10.6. The van der Waals surface area contributed by atoms with E-state index in [1.807, 2.05) is 181 Å². The number of aliphatic hydroxyl groups excluding tert-OH is 3. The fourth-order valence-electron chi connectivity index (χ4n) is 9.87. The van der Waals surface area contributed by atoms with E-state index in [1.165, 1.54) is 0 Å². The summed E-state index contributed by atoms with van der Waals surface area (Å²) in [5, 5.41) is 56.6. The van der Waals surface area contributed by atoms with Gasteiger partial charge >= 0.3 is 49.7 Å². The number of ether oxygens (including phenoxy) is 1. The maximum absolute atomic E-state index is 12.0. The van der Waals surface area contributed by atoms with Gasteiger partial charge in [-0.05, 0) is 56.4 Å². The monoisotopic (exact) mass is 1120 g/mol. The number of nitrogens with zero attached hydrogens (tertiary/aromatic N) is 8. The number of carbonyl (C=O) groups excluding carboxylic acids is 1. The maximum atomic E-state index is 12.0. The third kappa shape index (κ3) is 15.1. The summed E-state index contributed by atoms with van der Waals surface area (Å²) in [4.78, 5) is 41.4. The summed E-state index contributed by atoms with van der Waals surface area (Å²) in [5.74, 6) is 0.617. The number of carboxylic acid groups (broad SMARTS) is 1. The smallest absolute Gasteiger partial charge is 0.481 e. The van der Waals surface area contributed by atoms with Crippen LogP contribution in [0.25, 0.3) is 56.7 Å². The molecule has 0 amide bonds. The number of nitrogens with one attached hydrogen (secondary N) is 2. The number of hydrogen-bond donors (Lipinski definition) is 6. The average molecular weight is 1120 g/mol. The van der Waals surface area contributed by atoms with Gasteiger partial charge in [0.15, 0.2) is 11.6 Å². The Hall–Kier alpha value is -8.42. The molecule has 0 radical (unpaired) electrons. The number of carboxylic acids is 1. The molecule has 1 saturated heterocycles. The second-order valence-electron chi connectivity index (χ2n) is 19.5. The van der Waals surface area contributed by atoms with Gasteiger partial charge in [-0.15, -0.1) is 0 Å². The quantitative estimate of drug-likeness (QED) is 0.0308. The normalized spacial score (nSPS) is 14.5. The van der Waals surface area contributed by atoms with Crippen molar-refractivity contribution in [1.82, 2.24) is 39.5 Å². The summed E-state index contributed by atoms with van der Waals surface area (Å²) < 4.78 is 9.25. The maximum Gasteiger partial charge on any atom is 2.00 e. The molecule has 17 nitrogen and oxygen atoms in total.